The van der Waals surface area contributed by atoms with Gasteiger partial charge in [0.15, 0.2) is 11.8 Å². The number of carbonyl (C=O) groups is 1. The SMILES string of the molecule is CC(C)N1c2cc(NS(=O)(=O)C(F)(F)F)c(C3=C(O)C(C4C=C5C(=[N+](C(C)C)C(C)C5(C)C)C=C4NS(=O)(=O)C(F)(F)F)C3=O)cc2C(C)(C)C1C. The Labute approximate surface area is 299 Å². The third-order valence-corrected chi connectivity index (χ3v) is 13.4. The molecular weight excluding hydrogens is 739 g/mol. The third kappa shape index (κ3) is 5.82. The number of hydrogen-bond donors (Lipinski definition) is 3. The van der Waals surface area contributed by atoms with Gasteiger partial charge in [0.05, 0.1) is 22.6 Å². The Kier molecular flexibility index (Phi) is 9.14. The average molecular weight is 782 g/mol. The monoisotopic (exact) mass is 781 g/mol. The minimum absolute atomic E-state index is 0.175. The van der Waals surface area contributed by atoms with E-state index in [0.717, 1.165) is 0 Å². The standard InChI is InChI=1S/C34H42F6N4O6S2/c1-15(2)43-17(5)31(7,8)21-11-19(23(13-25(21)43)41-51(47,48)33(35,36)37)27-29(45)28(30(27)46)20-12-22-26(44(16(3)4)18(6)32(22,9)10)14-24(20)42-52(49,50)34(38,39)40/h11-19,27,42H,1-10H3,(H,45,46)/p+1. The number of hydrogen-bond acceptors (Lipinski definition) is 7. The Morgan fingerprint density at radius 2 is 1.42 bits per heavy atom. The van der Waals surface area contributed by atoms with Crippen molar-refractivity contribution in [3.63, 3.8) is 0 Å². The molecule has 0 aromatic heterocycles. The Hall–Kier alpha value is -3.54. The summed E-state index contributed by atoms with van der Waals surface area (Å²) in [4.78, 5) is 16.1. The predicted molar refractivity (Wildman–Crippen MR) is 185 cm³/mol. The normalized spacial score (nSPS) is 26.0. The fourth-order valence-corrected chi connectivity index (χ4v) is 9.13. The maximum atomic E-state index is 14.2. The molecule has 4 aliphatic rings. The molecule has 10 nitrogen and oxygen atoms in total. The number of anilines is 2. The van der Waals surface area contributed by atoms with Crippen molar-refractivity contribution in [3.05, 3.63) is 52.4 Å². The van der Waals surface area contributed by atoms with Crippen LogP contribution in [0.25, 0.3) is 5.57 Å². The minimum Gasteiger partial charge on any atom is -0.511 e. The van der Waals surface area contributed by atoms with Crippen LogP contribution in [0.4, 0.5) is 37.7 Å². The number of alkyl halides is 6. The van der Waals surface area contributed by atoms with Crippen LogP contribution in [0.15, 0.2) is 41.3 Å². The number of Topliss-reactive ketones (excluding diaryl/α,β-unsaturated/α-hetero) is 1. The van der Waals surface area contributed by atoms with Crippen molar-refractivity contribution in [3.8, 4) is 0 Å². The number of ketones is 1. The van der Waals surface area contributed by atoms with Gasteiger partial charge in [-0.1, -0.05) is 19.9 Å². The summed E-state index contributed by atoms with van der Waals surface area (Å²) in [6, 6.07) is 1.69. The van der Waals surface area contributed by atoms with Crippen LogP contribution < -0.4 is 14.3 Å². The van der Waals surface area contributed by atoms with Crippen molar-refractivity contribution < 1.29 is 57.7 Å². The fourth-order valence-electron chi connectivity index (χ4n) is 7.93. The molecule has 4 unspecified atom stereocenters. The smallest absolute Gasteiger partial charge is 0.511 e. The fraction of sp³-hybridized carbons (Fsp3) is 0.588. The number of nitrogens with one attached hydrogen (secondary N) is 2. The van der Waals surface area contributed by atoms with Gasteiger partial charge in [-0.15, -0.1) is 0 Å². The lowest BCUT2D eigenvalue weighted by atomic mass is 9.66. The first kappa shape index (κ1) is 39.7. The molecule has 2 aliphatic heterocycles. The lowest BCUT2D eigenvalue weighted by Crippen LogP contribution is -2.44. The number of halogens is 6. The quantitative estimate of drug-likeness (QED) is 0.203. The van der Waals surface area contributed by atoms with E-state index in [4.69, 9.17) is 0 Å². The van der Waals surface area contributed by atoms with E-state index in [9.17, 15) is 53.1 Å². The van der Waals surface area contributed by atoms with Crippen LogP contribution in [0.1, 0.15) is 80.4 Å². The number of aliphatic hydroxyl groups excluding tert-OH is 1. The number of benzene rings is 1. The molecule has 1 aromatic carbocycles. The first-order valence-corrected chi connectivity index (χ1v) is 19.6. The summed E-state index contributed by atoms with van der Waals surface area (Å²) >= 11 is 0. The third-order valence-electron chi connectivity index (χ3n) is 11.2. The minimum atomic E-state index is -6.03. The van der Waals surface area contributed by atoms with E-state index >= 15 is 0 Å². The van der Waals surface area contributed by atoms with Gasteiger partial charge in [0, 0.05) is 52.0 Å². The largest absolute Gasteiger partial charge is 0.516 e. The van der Waals surface area contributed by atoms with E-state index < -0.39 is 82.2 Å². The van der Waals surface area contributed by atoms with Gasteiger partial charge < -0.3 is 10.0 Å². The van der Waals surface area contributed by atoms with Crippen molar-refractivity contribution in [2.75, 3.05) is 9.62 Å². The molecule has 0 fully saturated rings. The Morgan fingerprint density at radius 3 is 1.90 bits per heavy atom. The zero-order valence-electron chi connectivity index (χ0n) is 30.2. The number of carbonyl (C=O) groups excluding carboxylic acids is 1. The maximum Gasteiger partial charge on any atom is 0.516 e. The molecule has 3 N–H and O–H groups in total. The summed E-state index contributed by atoms with van der Waals surface area (Å²) in [6.45, 7) is 18.6. The highest BCUT2D eigenvalue weighted by molar-refractivity contribution is 7.93. The van der Waals surface area contributed by atoms with E-state index in [0.29, 0.717) is 22.5 Å². The summed E-state index contributed by atoms with van der Waals surface area (Å²) in [7, 11) is -12.0. The van der Waals surface area contributed by atoms with Crippen LogP contribution in [0.5, 0.6) is 0 Å². The molecule has 1 aromatic rings. The molecule has 0 amide bonds. The zero-order valence-corrected chi connectivity index (χ0v) is 31.9. The van der Waals surface area contributed by atoms with Gasteiger partial charge in [-0.3, -0.25) is 14.2 Å². The highest BCUT2D eigenvalue weighted by Crippen LogP contribution is 2.54. The summed E-state index contributed by atoms with van der Waals surface area (Å²) in [6.07, 6.45) is 2.66. The number of sulfonamides is 2. The summed E-state index contributed by atoms with van der Waals surface area (Å²) in [5.41, 5.74) is -13.0. The first-order valence-electron chi connectivity index (χ1n) is 16.6. The number of rotatable bonds is 8. The van der Waals surface area contributed by atoms with Crippen LogP contribution >= 0.6 is 0 Å². The van der Waals surface area contributed by atoms with Crippen molar-refractivity contribution in [1.82, 2.24) is 4.72 Å². The second-order valence-corrected chi connectivity index (χ2v) is 18.9. The topological polar surface area (TPSA) is 136 Å². The first-order chi connectivity index (χ1) is 23.4. The number of aliphatic hydroxyl groups is 1. The van der Waals surface area contributed by atoms with Crippen molar-refractivity contribution in [2.45, 2.75) is 110 Å². The summed E-state index contributed by atoms with van der Waals surface area (Å²) in [5, 5.41) is 11.6. The Bertz CT molecular complexity index is 2090. The van der Waals surface area contributed by atoms with Crippen LogP contribution in [0.2, 0.25) is 0 Å². The molecule has 4 atom stereocenters. The van der Waals surface area contributed by atoms with Crippen LogP contribution in [0, 0.1) is 17.3 Å². The van der Waals surface area contributed by atoms with Crippen molar-refractivity contribution in [2.24, 2.45) is 17.3 Å². The molecule has 0 spiro atoms. The lowest BCUT2D eigenvalue weighted by molar-refractivity contribution is -0.593. The predicted octanol–water partition coefficient (Wildman–Crippen LogP) is 6.48. The zero-order chi connectivity index (χ0) is 39.6. The molecule has 0 bridgehead atoms. The molecule has 288 valence electrons. The van der Waals surface area contributed by atoms with Crippen molar-refractivity contribution >= 4 is 48.5 Å². The molecule has 0 saturated heterocycles. The van der Waals surface area contributed by atoms with Crippen LogP contribution in [-0.4, -0.2) is 73.2 Å². The van der Waals surface area contributed by atoms with Gasteiger partial charge in [-0.05, 0) is 73.1 Å². The average Bonchev–Trinajstić information content (AvgIpc) is 3.28. The van der Waals surface area contributed by atoms with E-state index in [1.807, 2.05) is 78.7 Å². The van der Waals surface area contributed by atoms with Gasteiger partial charge in [0.25, 0.3) is 0 Å². The second-order valence-electron chi connectivity index (χ2n) is 15.5. The second kappa shape index (κ2) is 12.0. The number of allylic oxidation sites excluding steroid dienone is 4. The molecule has 52 heavy (non-hydrogen) atoms. The Balaban J connectivity index is 1.74. The summed E-state index contributed by atoms with van der Waals surface area (Å²) in [5.74, 6) is -4.84. The van der Waals surface area contributed by atoms with E-state index in [1.54, 1.807) is 4.72 Å². The van der Waals surface area contributed by atoms with Gasteiger partial charge in [0.1, 0.15) is 11.8 Å². The van der Waals surface area contributed by atoms with Gasteiger partial charge in [-0.25, -0.2) is 4.58 Å². The number of nitrogens with zero attached hydrogens (tertiary/aromatic N) is 2. The molecule has 2 aliphatic carbocycles. The molecule has 5 rings (SSSR count). The molecule has 0 saturated carbocycles. The maximum absolute atomic E-state index is 14.2. The lowest BCUT2D eigenvalue weighted by Gasteiger charge is -2.37. The van der Waals surface area contributed by atoms with Gasteiger partial charge in [0.2, 0.25) is 5.71 Å². The van der Waals surface area contributed by atoms with Gasteiger partial charge >= 0.3 is 31.1 Å². The molecular formula is C34H43F6N4O6S2+. The highest BCUT2D eigenvalue weighted by atomic mass is 32.2. The van der Waals surface area contributed by atoms with E-state index in [1.165, 1.54) is 29.0 Å². The van der Waals surface area contributed by atoms with Gasteiger partial charge in [-0.2, -0.15) is 43.2 Å². The van der Waals surface area contributed by atoms with E-state index in [-0.39, 0.29) is 29.7 Å². The number of fused-ring (bicyclic) bond motifs is 2. The molecule has 2 heterocycles. The van der Waals surface area contributed by atoms with E-state index in [2.05, 4.69) is 0 Å². The van der Waals surface area contributed by atoms with Crippen LogP contribution in [-0.2, 0) is 30.3 Å². The highest BCUT2D eigenvalue weighted by Gasteiger charge is 2.57. The summed E-state index contributed by atoms with van der Waals surface area (Å²) < 4.78 is 137. The Morgan fingerprint density at radius 1 is 0.885 bits per heavy atom. The molecule has 18 heteroatoms. The van der Waals surface area contributed by atoms with Crippen molar-refractivity contribution in [1.29, 1.82) is 0 Å². The molecule has 0 radical (unpaired) electrons. The van der Waals surface area contributed by atoms with Crippen LogP contribution in [0.3, 0.4) is 0 Å².